The van der Waals surface area contributed by atoms with Gasteiger partial charge in [-0.2, -0.15) is 0 Å². The molecule has 104 valence electrons. The first-order chi connectivity index (χ1) is 9.38. The van der Waals surface area contributed by atoms with Crippen molar-refractivity contribution in [3.05, 3.63) is 35.4 Å². The van der Waals surface area contributed by atoms with Gasteiger partial charge in [-0.3, -0.25) is 0 Å². The fourth-order valence-electron chi connectivity index (χ4n) is 3.08. The lowest BCUT2D eigenvalue weighted by molar-refractivity contribution is 0.0905. The molecule has 0 amide bonds. The van der Waals surface area contributed by atoms with E-state index in [9.17, 15) is 0 Å². The van der Waals surface area contributed by atoms with Crippen molar-refractivity contribution < 1.29 is 4.74 Å². The van der Waals surface area contributed by atoms with Crippen LogP contribution in [0, 0.1) is 5.92 Å². The van der Waals surface area contributed by atoms with Crippen molar-refractivity contribution in [3.8, 4) is 0 Å². The van der Waals surface area contributed by atoms with Crippen LogP contribution in [0.15, 0.2) is 24.3 Å². The fraction of sp³-hybridized carbons (Fsp3) is 0.647. The molecule has 0 spiro atoms. The zero-order valence-corrected chi connectivity index (χ0v) is 11.9. The van der Waals surface area contributed by atoms with Crippen LogP contribution in [0.4, 0.5) is 0 Å². The molecule has 2 heteroatoms. The van der Waals surface area contributed by atoms with Gasteiger partial charge in [0.1, 0.15) is 0 Å². The number of rotatable bonds is 6. The molecule has 1 aromatic rings. The highest BCUT2D eigenvalue weighted by molar-refractivity contribution is 5.31. The van der Waals surface area contributed by atoms with Gasteiger partial charge in [0.05, 0.1) is 6.10 Å². The van der Waals surface area contributed by atoms with Crippen molar-refractivity contribution in [2.45, 2.75) is 44.6 Å². The first kappa shape index (κ1) is 13.1. The Balaban J connectivity index is 1.67. The second kappa shape index (κ2) is 6.06. The molecular formula is C17H25NO. The monoisotopic (exact) mass is 259 g/mol. The smallest absolute Gasteiger partial charge is 0.0866 e. The van der Waals surface area contributed by atoms with Crippen molar-refractivity contribution in [2.24, 2.45) is 5.92 Å². The molecule has 1 aromatic carbocycles. The van der Waals surface area contributed by atoms with Crippen LogP contribution in [0.3, 0.4) is 0 Å². The molecule has 2 fully saturated rings. The molecule has 2 nitrogen and oxygen atoms in total. The number of ether oxygens (including phenoxy) is 1. The van der Waals surface area contributed by atoms with Gasteiger partial charge in [0, 0.05) is 19.1 Å². The van der Waals surface area contributed by atoms with Gasteiger partial charge in [0.2, 0.25) is 0 Å². The third-order valence-corrected chi connectivity index (χ3v) is 4.34. The molecule has 1 saturated heterocycles. The number of benzene rings is 1. The standard InChI is InChI=1S/C17H25NO/c1-2-9-18-12-16-8-10-19-17(16)15-5-3-4-14(11-15)13-6-7-13/h3-5,11,13,16-18H,2,6-10,12H2,1H3. The van der Waals surface area contributed by atoms with Crippen LogP contribution in [0.5, 0.6) is 0 Å². The van der Waals surface area contributed by atoms with Crippen molar-refractivity contribution in [1.82, 2.24) is 5.32 Å². The number of hydrogen-bond acceptors (Lipinski definition) is 2. The number of nitrogens with one attached hydrogen (secondary N) is 1. The van der Waals surface area contributed by atoms with Gasteiger partial charge >= 0.3 is 0 Å². The summed E-state index contributed by atoms with van der Waals surface area (Å²) < 4.78 is 6.00. The Kier molecular flexibility index (Phi) is 4.19. The van der Waals surface area contributed by atoms with Gasteiger partial charge < -0.3 is 10.1 Å². The predicted molar refractivity (Wildman–Crippen MR) is 78.4 cm³/mol. The van der Waals surface area contributed by atoms with E-state index >= 15 is 0 Å². The van der Waals surface area contributed by atoms with Crippen molar-refractivity contribution in [2.75, 3.05) is 19.7 Å². The molecule has 0 bridgehead atoms. The summed E-state index contributed by atoms with van der Waals surface area (Å²) in [6.45, 7) is 5.34. The quantitative estimate of drug-likeness (QED) is 0.788. The van der Waals surface area contributed by atoms with Gasteiger partial charge in [-0.25, -0.2) is 0 Å². The predicted octanol–water partition coefficient (Wildman–Crippen LogP) is 3.64. The average molecular weight is 259 g/mol. The summed E-state index contributed by atoms with van der Waals surface area (Å²) in [6.07, 6.45) is 5.44. The minimum absolute atomic E-state index is 0.308. The maximum absolute atomic E-state index is 6.00. The van der Waals surface area contributed by atoms with Crippen molar-refractivity contribution in [3.63, 3.8) is 0 Å². The molecular weight excluding hydrogens is 234 g/mol. The van der Waals surface area contributed by atoms with E-state index in [1.165, 1.54) is 36.8 Å². The topological polar surface area (TPSA) is 21.3 Å². The van der Waals surface area contributed by atoms with Gasteiger partial charge in [-0.1, -0.05) is 31.2 Å². The van der Waals surface area contributed by atoms with E-state index in [2.05, 4.69) is 36.5 Å². The fourth-order valence-corrected chi connectivity index (χ4v) is 3.08. The minimum atomic E-state index is 0.308. The molecule has 1 heterocycles. The molecule has 19 heavy (non-hydrogen) atoms. The van der Waals surface area contributed by atoms with Crippen LogP contribution in [0.2, 0.25) is 0 Å². The van der Waals surface area contributed by atoms with Crippen LogP contribution in [0.25, 0.3) is 0 Å². The highest BCUT2D eigenvalue weighted by Gasteiger charge is 2.30. The molecule has 1 saturated carbocycles. The van der Waals surface area contributed by atoms with E-state index < -0.39 is 0 Å². The van der Waals surface area contributed by atoms with Gasteiger partial charge in [-0.05, 0) is 49.3 Å². The largest absolute Gasteiger partial charge is 0.373 e. The Morgan fingerprint density at radius 2 is 2.05 bits per heavy atom. The van der Waals surface area contributed by atoms with Crippen molar-refractivity contribution in [1.29, 1.82) is 0 Å². The first-order valence-electron chi connectivity index (χ1n) is 7.80. The summed E-state index contributed by atoms with van der Waals surface area (Å²) >= 11 is 0. The minimum Gasteiger partial charge on any atom is -0.373 e. The maximum Gasteiger partial charge on any atom is 0.0866 e. The van der Waals surface area contributed by atoms with E-state index in [1.807, 2.05) is 0 Å². The third-order valence-electron chi connectivity index (χ3n) is 4.34. The lowest BCUT2D eigenvalue weighted by atomic mass is 9.93. The second-order valence-corrected chi connectivity index (χ2v) is 5.99. The van der Waals surface area contributed by atoms with Crippen LogP contribution in [-0.2, 0) is 4.74 Å². The summed E-state index contributed by atoms with van der Waals surface area (Å²) in [5.74, 6) is 1.47. The van der Waals surface area contributed by atoms with E-state index in [1.54, 1.807) is 0 Å². The Morgan fingerprint density at radius 3 is 2.84 bits per heavy atom. The normalized spacial score (nSPS) is 26.8. The number of hydrogen-bond donors (Lipinski definition) is 1. The van der Waals surface area contributed by atoms with Gasteiger partial charge in [0.25, 0.3) is 0 Å². The molecule has 1 aliphatic carbocycles. The molecule has 2 unspecified atom stereocenters. The summed E-state index contributed by atoms with van der Waals surface area (Å²) in [5.41, 5.74) is 2.92. The Bertz CT molecular complexity index is 413. The van der Waals surface area contributed by atoms with E-state index in [0.29, 0.717) is 12.0 Å². The van der Waals surface area contributed by atoms with Crippen LogP contribution < -0.4 is 5.32 Å². The summed E-state index contributed by atoms with van der Waals surface area (Å²) in [7, 11) is 0. The SMILES string of the molecule is CCCNCC1CCOC1c1cccc(C2CC2)c1. The summed E-state index contributed by atoms with van der Waals surface area (Å²) in [5, 5.41) is 3.55. The molecule has 3 rings (SSSR count). The Morgan fingerprint density at radius 1 is 1.21 bits per heavy atom. The van der Waals surface area contributed by atoms with Gasteiger partial charge in [0.15, 0.2) is 0 Å². The van der Waals surface area contributed by atoms with Crippen LogP contribution >= 0.6 is 0 Å². The first-order valence-corrected chi connectivity index (χ1v) is 7.80. The summed E-state index contributed by atoms with van der Waals surface area (Å²) in [6, 6.07) is 9.12. The van der Waals surface area contributed by atoms with E-state index in [4.69, 9.17) is 4.74 Å². The molecule has 1 N–H and O–H groups in total. The molecule has 2 atom stereocenters. The Hall–Kier alpha value is -0.860. The molecule has 2 aliphatic rings. The molecule has 0 aromatic heterocycles. The average Bonchev–Trinajstić information content (AvgIpc) is 3.19. The van der Waals surface area contributed by atoms with Gasteiger partial charge in [-0.15, -0.1) is 0 Å². The second-order valence-electron chi connectivity index (χ2n) is 5.99. The highest BCUT2D eigenvalue weighted by Crippen LogP contribution is 2.42. The molecule has 0 radical (unpaired) electrons. The van der Waals surface area contributed by atoms with E-state index in [0.717, 1.165) is 25.6 Å². The maximum atomic E-state index is 6.00. The Labute approximate surface area is 116 Å². The lowest BCUT2D eigenvalue weighted by Gasteiger charge is -2.20. The third kappa shape index (κ3) is 3.18. The van der Waals surface area contributed by atoms with Crippen LogP contribution in [0.1, 0.15) is 55.8 Å². The summed E-state index contributed by atoms with van der Waals surface area (Å²) in [4.78, 5) is 0. The van der Waals surface area contributed by atoms with E-state index in [-0.39, 0.29) is 0 Å². The zero-order chi connectivity index (χ0) is 13.1. The van der Waals surface area contributed by atoms with Crippen molar-refractivity contribution >= 4 is 0 Å². The van der Waals surface area contributed by atoms with Crippen LogP contribution in [-0.4, -0.2) is 19.7 Å². The lowest BCUT2D eigenvalue weighted by Crippen LogP contribution is -2.25. The molecule has 1 aliphatic heterocycles. The zero-order valence-electron chi connectivity index (χ0n) is 11.9. The highest BCUT2D eigenvalue weighted by atomic mass is 16.5.